The SMILES string of the molecule is Cn1nc(-c2nc(-c3ccccc3)no2)c2c1CCN(C(=O)NC1CCCCC1)C2. The van der Waals surface area contributed by atoms with Crippen molar-refractivity contribution in [2.45, 2.75) is 51.1 Å². The van der Waals surface area contributed by atoms with Gasteiger partial charge in [0.2, 0.25) is 5.82 Å². The summed E-state index contributed by atoms with van der Waals surface area (Å²) in [6.07, 6.45) is 6.58. The Morgan fingerprint density at radius 3 is 2.77 bits per heavy atom. The largest absolute Gasteiger partial charge is 0.335 e. The number of amides is 2. The van der Waals surface area contributed by atoms with Gasteiger partial charge in [-0.1, -0.05) is 54.8 Å². The Hall–Kier alpha value is -3.16. The molecule has 30 heavy (non-hydrogen) atoms. The van der Waals surface area contributed by atoms with Crippen molar-refractivity contribution in [2.75, 3.05) is 6.54 Å². The number of nitrogens with one attached hydrogen (secondary N) is 1. The summed E-state index contributed by atoms with van der Waals surface area (Å²) in [6.45, 7) is 1.18. The van der Waals surface area contributed by atoms with E-state index in [-0.39, 0.29) is 6.03 Å². The van der Waals surface area contributed by atoms with E-state index >= 15 is 0 Å². The zero-order valence-corrected chi connectivity index (χ0v) is 17.2. The molecule has 0 atom stereocenters. The molecule has 1 aromatic carbocycles. The fourth-order valence-corrected chi connectivity index (χ4v) is 4.47. The summed E-state index contributed by atoms with van der Waals surface area (Å²) in [5, 5.41) is 12.0. The number of nitrogens with zero attached hydrogens (tertiary/aromatic N) is 5. The molecule has 8 nitrogen and oxygen atoms in total. The van der Waals surface area contributed by atoms with Crippen LogP contribution < -0.4 is 5.32 Å². The fourth-order valence-electron chi connectivity index (χ4n) is 4.47. The first-order chi connectivity index (χ1) is 14.7. The maximum atomic E-state index is 12.9. The lowest BCUT2D eigenvalue weighted by molar-refractivity contribution is 0.184. The van der Waals surface area contributed by atoms with E-state index in [2.05, 4.69) is 20.6 Å². The molecule has 1 saturated carbocycles. The van der Waals surface area contributed by atoms with Crippen LogP contribution in [0.3, 0.4) is 0 Å². The highest BCUT2D eigenvalue weighted by Gasteiger charge is 2.30. The zero-order chi connectivity index (χ0) is 20.5. The van der Waals surface area contributed by atoms with E-state index in [1.54, 1.807) is 0 Å². The number of rotatable bonds is 3. The average molecular weight is 406 g/mol. The van der Waals surface area contributed by atoms with Gasteiger partial charge in [-0.15, -0.1) is 0 Å². The molecule has 0 unspecified atom stereocenters. The van der Waals surface area contributed by atoms with Crippen LogP contribution in [0, 0.1) is 0 Å². The van der Waals surface area contributed by atoms with E-state index in [9.17, 15) is 4.79 Å². The first-order valence-electron chi connectivity index (χ1n) is 10.7. The first-order valence-corrected chi connectivity index (χ1v) is 10.7. The monoisotopic (exact) mass is 406 g/mol. The minimum absolute atomic E-state index is 0.0119. The number of hydrogen-bond acceptors (Lipinski definition) is 5. The molecule has 0 bridgehead atoms. The van der Waals surface area contributed by atoms with Crippen LogP contribution in [0.1, 0.15) is 43.4 Å². The Bertz CT molecular complexity index is 1040. The van der Waals surface area contributed by atoms with Crippen molar-refractivity contribution in [3.63, 3.8) is 0 Å². The van der Waals surface area contributed by atoms with Gasteiger partial charge >= 0.3 is 6.03 Å². The summed E-state index contributed by atoms with van der Waals surface area (Å²) < 4.78 is 7.41. The number of urea groups is 1. The molecule has 3 aromatic rings. The summed E-state index contributed by atoms with van der Waals surface area (Å²) in [5.74, 6) is 0.924. The van der Waals surface area contributed by atoms with Crippen LogP contribution in [0.2, 0.25) is 0 Å². The van der Waals surface area contributed by atoms with E-state index in [1.165, 1.54) is 19.3 Å². The number of benzene rings is 1. The third-order valence-electron chi connectivity index (χ3n) is 6.12. The van der Waals surface area contributed by atoms with Crippen molar-refractivity contribution < 1.29 is 9.32 Å². The minimum Gasteiger partial charge on any atom is -0.335 e. The summed E-state index contributed by atoms with van der Waals surface area (Å²) in [5.41, 5.74) is 3.67. The van der Waals surface area contributed by atoms with Gasteiger partial charge in [-0.05, 0) is 12.8 Å². The topological polar surface area (TPSA) is 89.1 Å². The van der Waals surface area contributed by atoms with Crippen LogP contribution in [-0.4, -0.2) is 43.4 Å². The van der Waals surface area contributed by atoms with Crippen LogP contribution in [0.5, 0.6) is 0 Å². The van der Waals surface area contributed by atoms with Crippen LogP contribution in [0.15, 0.2) is 34.9 Å². The molecule has 2 amide bonds. The number of hydrogen-bond donors (Lipinski definition) is 1. The molecule has 0 saturated heterocycles. The van der Waals surface area contributed by atoms with Gasteiger partial charge in [-0.3, -0.25) is 4.68 Å². The van der Waals surface area contributed by atoms with Gasteiger partial charge in [-0.2, -0.15) is 10.1 Å². The molecule has 0 radical (unpaired) electrons. The van der Waals surface area contributed by atoms with Crippen molar-refractivity contribution in [3.8, 4) is 23.0 Å². The third-order valence-corrected chi connectivity index (χ3v) is 6.12. The number of aryl methyl sites for hydroxylation is 1. The third kappa shape index (κ3) is 3.58. The highest BCUT2D eigenvalue weighted by molar-refractivity contribution is 5.75. The van der Waals surface area contributed by atoms with Crippen molar-refractivity contribution >= 4 is 6.03 Å². The smallest absolute Gasteiger partial charge is 0.317 e. The summed E-state index contributed by atoms with van der Waals surface area (Å²) >= 11 is 0. The summed E-state index contributed by atoms with van der Waals surface area (Å²) in [4.78, 5) is 19.3. The predicted octanol–water partition coefficient (Wildman–Crippen LogP) is 3.54. The normalized spacial score (nSPS) is 17.0. The van der Waals surface area contributed by atoms with Crippen LogP contribution in [0.4, 0.5) is 4.79 Å². The molecule has 5 rings (SSSR count). The fraction of sp³-hybridized carbons (Fsp3) is 0.455. The average Bonchev–Trinajstić information content (AvgIpc) is 3.40. The molecular formula is C22H26N6O2. The van der Waals surface area contributed by atoms with Crippen molar-refractivity contribution in [2.24, 2.45) is 7.05 Å². The second-order valence-electron chi connectivity index (χ2n) is 8.14. The molecule has 8 heteroatoms. The molecule has 3 heterocycles. The van der Waals surface area contributed by atoms with Crippen LogP contribution in [-0.2, 0) is 20.0 Å². The van der Waals surface area contributed by atoms with Gasteiger partial charge in [0.05, 0.1) is 6.54 Å². The number of carbonyl (C=O) groups is 1. The van der Waals surface area contributed by atoms with E-state index in [1.807, 2.05) is 47.0 Å². The van der Waals surface area contributed by atoms with E-state index < -0.39 is 0 Å². The Kier molecular flexibility index (Phi) is 4.98. The molecular weight excluding hydrogens is 380 g/mol. The van der Waals surface area contributed by atoms with E-state index in [4.69, 9.17) is 4.52 Å². The lowest BCUT2D eigenvalue weighted by atomic mass is 9.95. The Morgan fingerprint density at radius 1 is 1.17 bits per heavy atom. The van der Waals surface area contributed by atoms with Gasteiger partial charge in [0, 0.05) is 42.9 Å². The van der Waals surface area contributed by atoms with Gasteiger partial charge in [0.25, 0.3) is 5.89 Å². The second-order valence-corrected chi connectivity index (χ2v) is 8.14. The van der Waals surface area contributed by atoms with Crippen molar-refractivity contribution in [1.29, 1.82) is 0 Å². The predicted molar refractivity (Wildman–Crippen MR) is 111 cm³/mol. The van der Waals surface area contributed by atoms with Gasteiger partial charge in [0.1, 0.15) is 0 Å². The molecule has 1 aliphatic heterocycles. The minimum atomic E-state index is 0.0119. The van der Waals surface area contributed by atoms with Gasteiger partial charge in [0.15, 0.2) is 5.69 Å². The zero-order valence-electron chi connectivity index (χ0n) is 17.2. The Morgan fingerprint density at radius 2 is 1.97 bits per heavy atom. The molecule has 0 spiro atoms. The number of fused-ring (bicyclic) bond motifs is 1. The lowest BCUT2D eigenvalue weighted by Crippen LogP contribution is -2.47. The second kappa shape index (κ2) is 7.93. The molecule has 1 N–H and O–H groups in total. The first kappa shape index (κ1) is 18.8. The lowest BCUT2D eigenvalue weighted by Gasteiger charge is -2.31. The molecule has 1 fully saturated rings. The van der Waals surface area contributed by atoms with Gasteiger partial charge < -0.3 is 14.7 Å². The maximum Gasteiger partial charge on any atom is 0.317 e. The van der Waals surface area contributed by atoms with E-state index in [0.717, 1.165) is 36.1 Å². The Labute approximate surface area is 175 Å². The van der Waals surface area contributed by atoms with Crippen LogP contribution >= 0.6 is 0 Å². The highest BCUT2D eigenvalue weighted by Crippen LogP contribution is 2.30. The molecule has 2 aromatic heterocycles. The Balaban J connectivity index is 1.37. The van der Waals surface area contributed by atoms with Crippen LogP contribution in [0.25, 0.3) is 23.0 Å². The molecule has 1 aliphatic carbocycles. The molecule has 2 aliphatic rings. The number of carbonyl (C=O) groups excluding carboxylic acids is 1. The van der Waals surface area contributed by atoms with Gasteiger partial charge in [-0.25, -0.2) is 4.79 Å². The standard InChI is InChI=1S/C22H26N6O2/c1-27-18-12-13-28(22(29)23-16-10-6-3-7-11-16)14-17(18)19(25-27)21-24-20(26-30-21)15-8-4-2-5-9-15/h2,4-5,8-9,16H,3,6-7,10-14H2,1H3,(H,23,29). The highest BCUT2D eigenvalue weighted by atomic mass is 16.5. The van der Waals surface area contributed by atoms with E-state index in [0.29, 0.717) is 36.5 Å². The maximum absolute atomic E-state index is 12.9. The van der Waals surface area contributed by atoms with Crippen molar-refractivity contribution in [3.05, 3.63) is 41.6 Å². The summed E-state index contributed by atoms with van der Waals surface area (Å²) in [7, 11) is 1.93. The van der Waals surface area contributed by atoms with Crippen molar-refractivity contribution in [1.82, 2.24) is 30.1 Å². The molecule has 156 valence electrons. The number of aromatic nitrogens is 4. The quantitative estimate of drug-likeness (QED) is 0.719. The summed E-state index contributed by atoms with van der Waals surface area (Å²) in [6, 6.07) is 10.0.